The van der Waals surface area contributed by atoms with E-state index in [2.05, 4.69) is 10.3 Å². The number of aliphatic imine (C=N–C) groups is 1. The molecule has 0 aliphatic rings. The van der Waals surface area contributed by atoms with E-state index in [4.69, 9.17) is 0 Å². The van der Waals surface area contributed by atoms with Gasteiger partial charge in [-0.15, -0.1) is 0 Å². The van der Waals surface area contributed by atoms with Crippen molar-refractivity contribution in [2.24, 2.45) is 4.99 Å². The summed E-state index contributed by atoms with van der Waals surface area (Å²) >= 11 is 0. The zero-order valence-corrected chi connectivity index (χ0v) is 10.5. The van der Waals surface area contributed by atoms with E-state index in [9.17, 15) is 4.79 Å². The summed E-state index contributed by atoms with van der Waals surface area (Å²) in [6.07, 6.45) is 2.57. The standard InChI is InChI=1S/C14H18N2O/c1-11(14(17)16-3)9-13(15-2)10-12-7-5-4-6-8-12/h4-9H,10H2,1-3H3,(H,16,17)/b11-9+,15-13?. The maximum Gasteiger partial charge on any atom is 0.246 e. The van der Waals surface area contributed by atoms with Crippen LogP contribution in [0.15, 0.2) is 47.0 Å². The van der Waals surface area contributed by atoms with Gasteiger partial charge in [-0.05, 0) is 18.6 Å². The van der Waals surface area contributed by atoms with Gasteiger partial charge in [-0.1, -0.05) is 30.3 Å². The van der Waals surface area contributed by atoms with E-state index in [0.29, 0.717) is 5.57 Å². The van der Waals surface area contributed by atoms with Crippen LogP contribution in [0.4, 0.5) is 0 Å². The van der Waals surface area contributed by atoms with Gasteiger partial charge in [0, 0.05) is 31.8 Å². The summed E-state index contributed by atoms with van der Waals surface area (Å²) in [6, 6.07) is 10.1. The molecule has 3 nitrogen and oxygen atoms in total. The Morgan fingerprint density at radius 3 is 2.53 bits per heavy atom. The molecule has 0 bridgehead atoms. The largest absolute Gasteiger partial charge is 0.355 e. The Morgan fingerprint density at radius 1 is 1.35 bits per heavy atom. The Hall–Kier alpha value is -1.90. The van der Waals surface area contributed by atoms with Gasteiger partial charge in [-0.2, -0.15) is 0 Å². The van der Waals surface area contributed by atoms with Gasteiger partial charge in [0.1, 0.15) is 0 Å². The maximum absolute atomic E-state index is 11.4. The molecule has 0 heterocycles. The van der Waals surface area contributed by atoms with E-state index < -0.39 is 0 Å². The maximum atomic E-state index is 11.4. The molecule has 3 heteroatoms. The molecule has 1 aromatic carbocycles. The third-order valence-corrected chi connectivity index (χ3v) is 2.48. The van der Waals surface area contributed by atoms with Gasteiger partial charge in [0.15, 0.2) is 0 Å². The van der Waals surface area contributed by atoms with E-state index in [1.54, 1.807) is 21.0 Å². The normalized spacial score (nSPS) is 12.4. The van der Waals surface area contributed by atoms with E-state index in [0.717, 1.165) is 12.1 Å². The molecule has 0 aliphatic heterocycles. The van der Waals surface area contributed by atoms with Gasteiger partial charge < -0.3 is 5.32 Å². The monoisotopic (exact) mass is 230 g/mol. The van der Waals surface area contributed by atoms with Crippen molar-refractivity contribution in [3.05, 3.63) is 47.5 Å². The summed E-state index contributed by atoms with van der Waals surface area (Å²) in [7, 11) is 3.37. The van der Waals surface area contributed by atoms with Crippen LogP contribution in [0.2, 0.25) is 0 Å². The highest BCUT2D eigenvalue weighted by molar-refractivity contribution is 6.04. The van der Waals surface area contributed by atoms with Crippen molar-refractivity contribution < 1.29 is 4.79 Å². The molecule has 0 radical (unpaired) electrons. The molecule has 1 aromatic rings. The molecule has 1 amide bonds. The second kappa shape index (κ2) is 6.63. The number of allylic oxidation sites excluding steroid dienone is 1. The van der Waals surface area contributed by atoms with Gasteiger partial charge in [-0.25, -0.2) is 0 Å². The molecular formula is C14H18N2O. The number of likely N-dealkylation sites (N-methyl/N-ethyl adjacent to an activating group) is 1. The SMILES string of the molecule is CN=C(/C=C(\C)C(=O)NC)Cc1ccccc1. The summed E-state index contributed by atoms with van der Waals surface area (Å²) < 4.78 is 0. The predicted octanol–water partition coefficient (Wildman–Crippen LogP) is 1.99. The van der Waals surface area contributed by atoms with Crippen molar-refractivity contribution in [1.82, 2.24) is 5.32 Å². The predicted molar refractivity (Wildman–Crippen MR) is 71.3 cm³/mol. The Morgan fingerprint density at radius 2 is 2.00 bits per heavy atom. The minimum atomic E-state index is -0.0702. The molecule has 1 rings (SSSR count). The number of carbonyl (C=O) groups excluding carboxylic acids is 1. The number of nitrogens with zero attached hydrogens (tertiary/aromatic N) is 1. The lowest BCUT2D eigenvalue weighted by Gasteiger charge is -2.03. The molecule has 0 saturated heterocycles. The number of carbonyl (C=O) groups is 1. The number of benzene rings is 1. The second-order valence-electron chi connectivity index (χ2n) is 3.78. The van der Waals surface area contributed by atoms with Crippen LogP contribution in [0.25, 0.3) is 0 Å². The minimum Gasteiger partial charge on any atom is -0.355 e. The number of nitrogens with one attached hydrogen (secondary N) is 1. The average Bonchev–Trinajstić information content (AvgIpc) is 2.38. The minimum absolute atomic E-state index is 0.0702. The van der Waals surface area contributed by atoms with E-state index >= 15 is 0 Å². The third kappa shape index (κ3) is 4.23. The molecular weight excluding hydrogens is 212 g/mol. The van der Waals surface area contributed by atoms with Crippen molar-refractivity contribution in [2.45, 2.75) is 13.3 Å². The lowest BCUT2D eigenvalue weighted by atomic mass is 10.1. The summed E-state index contributed by atoms with van der Waals surface area (Å²) in [5.41, 5.74) is 2.76. The fourth-order valence-electron chi connectivity index (χ4n) is 1.51. The van der Waals surface area contributed by atoms with Crippen LogP contribution in [0, 0.1) is 0 Å². The zero-order chi connectivity index (χ0) is 12.7. The lowest BCUT2D eigenvalue weighted by Crippen LogP contribution is -2.19. The van der Waals surface area contributed by atoms with Gasteiger partial charge >= 0.3 is 0 Å². The van der Waals surface area contributed by atoms with Crippen molar-refractivity contribution in [3.8, 4) is 0 Å². The molecule has 17 heavy (non-hydrogen) atoms. The van der Waals surface area contributed by atoms with Crippen LogP contribution in [0.5, 0.6) is 0 Å². The van der Waals surface area contributed by atoms with Crippen LogP contribution in [-0.4, -0.2) is 25.7 Å². The first-order valence-corrected chi connectivity index (χ1v) is 5.57. The Balaban J connectivity index is 2.78. The molecule has 0 unspecified atom stereocenters. The fraction of sp³-hybridized carbons (Fsp3) is 0.286. The molecule has 0 spiro atoms. The van der Waals surface area contributed by atoms with Crippen LogP contribution < -0.4 is 5.32 Å². The molecule has 0 aromatic heterocycles. The first-order chi connectivity index (χ1) is 8.17. The number of amides is 1. The Bertz CT molecular complexity index is 433. The molecule has 0 aliphatic carbocycles. The van der Waals surface area contributed by atoms with Gasteiger partial charge in [0.2, 0.25) is 5.91 Å². The van der Waals surface area contributed by atoms with Crippen molar-refractivity contribution in [1.29, 1.82) is 0 Å². The van der Waals surface area contributed by atoms with Crippen LogP contribution in [-0.2, 0) is 11.2 Å². The van der Waals surface area contributed by atoms with E-state index in [1.807, 2.05) is 36.4 Å². The van der Waals surface area contributed by atoms with Gasteiger partial charge in [-0.3, -0.25) is 9.79 Å². The number of hydrogen-bond donors (Lipinski definition) is 1. The average molecular weight is 230 g/mol. The smallest absolute Gasteiger partial charge is 0.246 e. The quantitative estimate of drug-likeness (QED) is 0.623. The highest BCUT2D eigenvalue weighted by Gasteiger charge is 2.03. The first kappa shape index (κ1) is 13.2. The topological polar surface area (TPSA) is 41.5 Å². The highest BCUT2D eigenvalue weighted by Crippen LogP contribution is 2.04. The molecule has 1 N–H and O–H groups in total. The molecule has 0 saturated carbocycles. The van der Waals surface area contributed by atoms with Gasteiger partial charge in [0.05, 0.1) is 0 Å². The summed E-state index contributed by atoms with van der Waals surface area (Å²) in [4.78, 5) is 15.6. The van der Waals surface area contributed by atoms with Crippen LogP contribution in [0.1, 0.15) is 12.5 Å². The van der Waals surface area contributed by atoms with Crippen LogP contribution >= 0.6 is 0 Å². The zero-order valence-electron chi connectivity index (χ0n) is 10.5. The van der Waals surface area contributed by atoms with Crippen LogP contribution in [0.3, 0.4) is 0 Å². The second-order valence-corrected chi connectivity index (χ2v) is 3.78. The Labute approximate surface area is 102 Å². The first-order valence-electron chi connectivity index (χ1n) is 5.57. The van der Waals surface area contributed by atoms with Crippen molar-refractivity contribution in [2.75, 3.05) is 14.1 Å². The number of hydrogen-bond acceptors (Lipinski definition) is 2. The highest BCUT2D eigenvalue weighted by atomic mass is 16.1. The summed E-state index contributed by atoms with van der Waals surface area (Å²) in [6.45, 7) is 1.79. The molecule has 90 valence electrons. The van der Waals surface area contributed by atoms with E-state index in [-0.39, 0.29) is 5.91 Å². The van der Waals surface area contributed by atoms with Crippen molar-refractivity contribution >= 4 is 11.6 Å². The van der Waals surface area contributed by atoms with Crippen molar-refractivity contribution in [3.63, 3.8) is 0 Å². The number of rotatable bonds is 4. The van der Waals surface area contributed by atoms with E-state index in [1.165, 1.54) is 5.56 Å². The summed E-state index contributed by atoms with van der Waals surface area (Å²) in [5, 5.41) is 2.60. The molecule has 0 fully saturated rings. The fourth-order valence-corrected chi connectivity index (χ4v) is 1.51. The lowest BCUT2D eigenvalue weighted by molar-refractivity contribution is -0.116. The third-order valence-electron chi connectivity index (χ3n) is 2.48. The summed E-state index contributed by atoms with van der Waals surface area (Å²) in [5.74, 6) is -0.0702. The molecule has 0 atom stereocenters. The Kier molecular flexibility index (Phi) is 5.14. The van der Waals surface area contributed by atoms with Gasteiger partial charge in [0.25, 0.3) is 0 Å².